The number of hydrogen-bond donors (Lipinski definition) is 1. The first-order valence-corrected chi connectivity index (χ1v) is 7.02. The molecule has 6 nitrogen and oxygen atoms in total. The molecule has 1 saturated heterocycles. The molecule has 1 aliphatic rings. The van der Waals surface area contributed by atoms with Gasteiger partial charge in [-0.05, 0) is 12.1 Å². The molecule has 1 aromatic carbocycles. The van der Waals surface area contributed by atoms with Gasteiger partial charge in [0.25, 0.3) is 0 Å². The first-order valence-electron chi connectivity index (χ1n) is 5.09. The molecule has 9 heteroatoms. The highest BCUT2D eigenvalue weighted by atomic mass is 35.5. The number of benzene rings is 1. The molecular formula is C10H9ClFNO5S. The van der Waals surface area contributed by atoms with Gasteiger partial charge in [0.05, 0.1) is 23.8 Å². The minimum absolute atomic E-state index is 0.254. The van der Waals surface area contributed by atoms with Crippen molar-refractivity contribution in [3.63, 3.8) is 0 Å². The number of sulfonamides is 1. The van der Waals surface area contributed by atoms with Crippen LogP contribution >= 0.6 is 11.6 Å². The average Bonchev–Trinajstić information content (AvgIpc) is 2.21. The van der Waals surface area contributed by atoms with E-state index in [4.69, 9.17) is 26.2 Å². The SMILES string of the molecule is NS(=O)(=O)c1cc(C(=O)OC2COC2)c(Cl)cc1F. The maximum atomic E-state index is 13.4. The van der Waals surface area contributed by atoms with Crippen molar-refractivity contribution in [2.24, 2.45) is 5.14 Å². The highest BCUT2D eigenvalue weighted by Gasteiger charge is 2.26. The number of halogens is 2. The van der Waals surface area contributed by atoms with Gasteiger partial charge >= 0.3 is 5.97 Å². The van der Waals surface area contributed by atoms with E-state index in [-0.39, 0.29) is 23.8 Å². The van der Waals surface area contributed by atoms with Gasteiger partial charge in [0.2, 0.25) is 10.0 Å². The Kier molecular flexibility index (Phi) is 3.77. The van der Waals surface area contributed by atoms with Gasteiger partial charge in [-0.2, -0.15) is 0 Å². The van der Waals surface area contributed by atoms with Crippen LogP contribution in [0.15, 0.2) is 17.0 Å². The molecular weight excluding hydrogens is 301 g/mol. The zero-order valence-electron chi connectivity index (χ0n) is 9.43. The first kappa shape index (κ1) is 14.2. The van der Waals surface area contributed by atoms with E-state index in [1.807, 2.05) is 0 Å². The van der Waals surface area contributed by atoms with Crippen LogP contribution in [-0.4, -0.2) is 33.7 Å². The van der Waals surface area contributed by atoms with Gasteiger partial charge in [0, 0.05) is 0 Å². The highest BCUT2D eigenvalue weighted by molar-refractivity contribution is 7.89. The summed E-state index contributed by atoms with van der Waals surface area (Å²) in [5.41, 5.74) is -0.265. The van der Waals surface area contributed by atoms with Crippen molar-refractivity contribution in [1.82, 2.24) is 0 Å². The number of ether oxygens (including phenoxy) is 2. The van der Waals surface area contributed by atoms with Crippen LogP contribution < -0.4 is 5.14 Å². The Morgan fingerprint density at radius 1 is 1.47 bits per heavy atom. The third kappa shape index (κ3) is 3.03. The van der Waals surface area contributed by atoms with Crippen molar-refractivity contribution in [3.05, 3.63) is 28.5 Å². The summed E-state index contributed by atoms with van der Waals surface area (Å²) in [6, 6.07) is 1.46. The summed E-state index contributed by atoms with van der Waals surface area (Å²) >= 11 is 5.68. The molecule has 2 N–H and O–H groups in total. The Morgan fingerprint density at radius 3 is 2.58 bits per heavy atom. The Hall–Kier alpha value is -1.22. The van der Waals surface area contributed by atoms with Gasteiger partial charge in [-0.25, -0.2) is 22.7 Å². The zero-order valence-corrected chi connectivity index (χ0v) is 11.0. The lowest BCUT2D eigenvalue weighted by Gasteiger charge is -2.25. The lowest BCUT2D eigenvalue weighted by atomic mass is 10.2. The van der Waals surface area contributed by atoms with Crippen LogP contribution in [0.25, 0.3) is 0 Å². The largest absolute Gasteiger partial charge is 0.454 e. The van der Waals surface area contributed by atoms with Crippen LogP contribution in [0.2, 0.25) is 5.02 Å². The standard InChI is InChI=1S/C10H9ClFNO5S/c11-7-2-8(12)9(19(13,15)16)1-6(7)10(14)18-5-3-17-4-5/h1-2,5H,3-4H2,(H2,13,15,16). The van der Waals surface area contributed by atoms with Crippen molar-refractivity contribution >= 4 is 27.6 Å². The fourth-order valence-corrected chi connectivity index (χ4v) is 2.24. The third-order valence-electron chi connectivity index (χ3n) is 2.43. The summed E-state index contributed by atoms with van der Waals surface area (Å²) in [6.07, 6.45) is -0.411. The lowest BCUT2D eigenvalue weighted by Crippen LogP contribution is -2.37. The van der Waals surface area contributed by atoms with E-state index in [9.17, 15) is 17.6 Å². The van der Waals surface area contributed by atoms with Crippen molar-refractivity contribution < 1.29 is 27.1 Å². The monoisotopic (exact) mass is 309 g/mol. The first-order chi connectivity index (χ1) is 8.79. The molecule has 1 fully saturated rings. The predicted molar refractivity (Wildman–Crippen MR) is 62.8 cm³/mol. The van der Waals surface area contributed by atoms with Crippen LogP contribution in [-0.2, 0) is 19.5 Å². The number of primary sulfonamides is 1. The smallest absolute Gasteiger partial charge is 0.340 e. The van der Waals surface area contributed by atoms with Crippen molar-refractivity contribution in [1.29, 1.82) is 0 Å². The minimum atomic E-state index is -4.29. The minimum Gasteiger partial charge on any atom is -0.454 e. The summed E-state index contributed by atoms with van der Waals surface area (Å²) in [6.45, 7) is 0.513. The summed E-state index contributed by atoms with van der Waals surface area (Å²) in [5, 5.41) is 4.58. The second-order valence-electron chi connectivity index (χ2n) is 3.87. The van der Waals surface area contributed by atoms with E-state index in [1.54, 1.807) is 0 Å². The van der Waals surface area contributed by atoms with Crippen LogP contribution in [0.4, 0.5) is 4.39 Å². The number of esters is 1. The summed E-state index contributed by atoms with van der Waals surface area (Å²) in [7, 11) is -4.29. The fourth-order valence-electron chi connectivity index (χ4n) is 1.40. The molecule has 0 spiro atoms. The fraction of sp³-hybridized carbons (Fsp3) is 0.300. The maximum absolute atomic E-state index is 13.4. The molecule has 0 bridgehead atoms. The van der Waals surface area contributed by atoms with Crippen LogP contribution in [0, 0.1) is 5.82 Å². The summed E-state index contributed by atoms with van der Waals surface area (Å²) in [4.78, 5) is 10.9. The summed E-state index contributed by atoms with van der Waals surface area (Å²) in [5.74, 6) is -1.99. The quantitative estimate of drug-likeness (QED) is 0.828. The van der Waals surface area contributed by atoms with E-state index < -0.39 is 32.8 Å². The molecule has 1 heterocycles. The molecule has 19 heavy (non-hydrogen) atoms. The van der Waals surface area contributed by atoms with Gasteiger partial charge in [-0.3, -0.25) is 0 Å². The van der Waals surface area contributed by atoms with Crippen LogP contribution in [0.5, 0.6) is 0 Å². The Labute approximate surface area is 113 Å². The number of nitrogens with two attached hydrogens (primary N) is 1. The zero-order chi connectivity index (χ0) is 14.2. The molecule has 0 aromatic heterocycles. The number of carbonyl (C=O) groups excluding carboxylic acids is 1. The normalized spacial score (nSPS) is 15.9. The molecule has 1 aliphatic heterocycles. The molecule has 2 rings (SSSR count). The molecule has 0 amide bonds. The van der Waals surface area contributed by atoms with E-state index in [1.165, 1.54) is 0 Å². The molecule has 0 saturated carbocycles. The van der Waals surface area contributed by atoms with Gasteiger partial charge in [-0.1, -0.05) is 11.6 Å². The Morgan fingerprint density at radius 2 is 2.11 bits per heavy atom. The number of carbonyl (C=O) groups is 1. The van der Waals surface area contributed by atoms with Crippen LogP contribution in [0.3, 0.4) is 0 Å². The van der Waals surface area contributed by atoms with Gasteiger partial charge in [-0.15, -0.1) is 0 Å². The average molecular weight is 310 g/mol. The maximum Gasteiger partial charge on any atom is 0.340 e. The topological polar surface area (TPSA) is 95.7 Å². The third-order valence-corrected chi connectivity index (χ3v) is 3.67. The van der Waals surface area contributed by atoms with Gasteiger partial charge in [0.15, 0.2) is 0 Å². The van der Waals surface area contributed by atoms with Crippen molar-refractivity contribution in [3.8, 4) is 0 Å². The van der Waals surface area contributed by atoms with Gasteiger partial charge in [0.1, 0.15) is 16.8 Å². The molecule has 0 atom stereocenters. The van der Waals surface area contributed by atoms with Crippen molar-refractivity contribution in [2.45, 2.75) is 11.0 Å². The number of rotatable bonds is 3. The summed E-state index contributed by atoms with van der Waals surface area (Å²) < 4.78 is 45.5. The molecule has 0 unspecified atom stereocenters. The highest BCUT2D eigenvalue weighted by Crippen LogP contribution is 2.24. The number of hydrogen-bond acceptors (Lipinski definition) is 5. The van der Waals surface area contributed by atoms with E-state index in [0.29, 0.717) is 6.07 Å². The second kappa shape index (κ2) is 5.04. The molecule has 0 radical (unpaired) electrons. The predicted octanol–water partition coefficient (Wildman–Crippen LogP) is 0.682. The van der Waals surface area contributed by atoms with Gasteiger partial charge < -0.3 is 9.47 Å². The molecule has 0 aliphatic carbocycles. The molecule has 104 valence electrons. The Bertz CT molecular complexity index is 629. The van der Waals surface area contributed by atoms with E-state index >= 15 is 0 Å². The Balaban J connectivity index is 2.36. The second-order valence-corrected chi connectivity index (χ2v) is 5.81. The lowest BCUT2D eigenvalue weighted by molar-refractivity contribution is -0.103. The van der Waals surface area contributed by atoms with Crippen LogP contribution in [0.1, 0.15) is 10.4 Å². The van der Waals surface area contributed by atoms with E-state index in [2.05, 4.69) is 0 Å². The van der Waals surface area contributed by atoms with E-state index in [0.717, 1.165) is 6.07 Å². The van der Waals surface area contributed by atoms with Crippen molar-refractivity contribution in [2.75, 3.05) is 13.2 Å². The molecule has 1 aromatic rings.